The zero-order valence-corrected chi connectivity index (χ0v) is 19.4. The van der Waals surface area contributed by atoms with Crippen molar-refractivity contribution in [2.24, 2.45) is 0 Å². The van der Waals surface area contributed by atoms with E-state index in [1.54, 1.807) is 13.2 Å². The third-order valence-electron chi connectivity index (χ3n) is 6.30. The molecular formula is C27H31NO4. The molecule has 1 amide bonds. The number of hydrogen-bond acceptors (Lipinski definition) is 4. The van der Waals surface area contributed by atoms with E-state index in [2.05, 4.69) is 12.1 Å². The van der Waals surface area contributed by atoms with Crippen molar-refractivity contribution in [3.8, 4) is 11.5 Å². The maximum atomic E-state index is 13.2. The predicted octanol–water partition coefficient (Wildman–Crippen LogP) is 4.90. The standard InChI is InChI=1S/C27H31NO4/c1-18(2)14-20(29)16-27(3)12-10-21-24(31-4)15-22-23(25(21)32-27)17-28(26(22)30)13-11-19-8-6-5-7-9-19/h5-9,14-15H,10-13,16-17H2,1-4H3/t27-/m1/s1. The van der Waals surface area contributed by atoms with Crippen LogP contribution in [-0.4, -0.2) is 35.8 Å². The van der Waals surface area contributed by atoms with E-state index < -0.39 is 5.60 Å². The summed E-state index contributed by atoms with van der Waals surface area (Å²) in [4.78, 5) is 27.5. The number of amides is 1. The SMILES string of the molecule is COc1cc2c(c3c1CC[C@](C)(CC(=O)C=C(C)C)O3)CN(CCc1ccccc1)C2=O. The van der Waals surface area contributed by atoms with E-state index >= 15 is 0 Å². The number of ketones is 1. The van der Waals surface area contributed by atoms with Crippen LogP contribution in [0.4, 0.5) is 0 Å². The number of hydrogen-bond donors (Lipinski definition) is 0. The molecule has 0 spiro atoms. The molecule has 0 fully saturated rings. The molecule has 0 aromatic heterocycles. The Balaban J connectivity index is 1.60. The molecule has 168 valence electrons. The lowest BCUT2D eigenvalue weighted by molar-refractivity contribution is -0.118. The first kappa shape index (κ1) is 22.1. The molecule has 0 unspecified atom stereocenters. The monoisotopic (exact) mass is 433 g/mol. The number of allylic oxidation sites excluding steroid dienone is 2. The first-order valence-corrected chi connectivity index (χ1v) is 11.2. The normalized spacial score (nSPS) is 19.1. The molecule has 2 aromatic rings. The number of carbonyl (C=O) groups is 2. The molecule has 2 aliphatic rings. The summed E-state index contributed by atoms with van der Waals surface area (Å²) in [5, 5.41) is 0. The van der Waals surface area contributed by atoms with E-state index in [0.29, 0.717) is 30.8 Å². The van der Waals surface area contributed by atoms with Crippen LogP contribution in [0.5, 0.6) is 11.5 Å². The molecule has 0 aliphatic carbocycles. The Bertz CT molecular complexity index is 1070. The van der Waals surface area contributed by atoms with Crippen LogP contribution in [0, 0.1) is 0 Å². The summed E-state index contributed by atoms with van der Waals surface area (Å²) in [6, 6.07) is 12.0. The second-order valence-corrected chi connectivity index (χ2v) is 9.29. The highest BCUT2D eigenvalue weighted by atomic mass is 16.5. The quantitative estimate of drug-likeness (QED) is 0.583. The summed E-state index contributed by atoms with van der Waals surface area (Å²) in [6.07, 6.45) is 4.27. The van der Waals surface area contributed by atoms with Gasteiger partial charge in [-0.3, -0.25) is 9.59 Å². The molecule has 5 heteroatoms. The van der Waals surface area contributed by atoms with Crippen molar-refractivity contribution in [1.29, 1.82) is 0 Å². The van der Waals surface area contributed by atoms with Crippen LogP contribution in [0.25, 0.3) is 0 Å². The molecule has 0 radical (unpaired) electrons. The van der Waals surface area contributed by atoms with Crippen LogP contribution in [0.3, 0.4) is 0 Å². The molecule has 0 saturated heterocycles. The minimum absolute atomic E-state index is 0.00789. The highest BCUT2D eigenvalue weighted by Gasteiger charge is 2.40. The fourth-order valence-electron chi connectivity index (χ4n) is 4.69. The van der Waals surface area contributed by atoms with Crippen molar-refractivity contribution in [1.82, 2.24) is 4.90 Å². The lowest BCUT2D eigenvalue weighted by atomic mass is 9.86. The van der Waals surface area contributed by atoms with E-state index in [1.807, 2.05) is 49.9 Å². The fraction of sp³-hybridized carbons (Fsp3) is 0.407. The van der Waals surface area contributed by atoms with Crippen molar-refractivity contribution in [3.05, 3.63) is 70.3 Å². The zero-order chi connectivity index (χ0) is 22.9. The first-order valence-electron chi connectivity index (χ1n) is 11.2. The van der Waals surface area contributed by atoms with Crippen LogP contribution < -0.4 is 9.47 Å². The van der Waals surface area contributed by atoms with Gasteiger partial charge in [0, 0.05) is 24.1 Å². The molecule has 4 rings (SSSR count). The average molecular weight is 434 g/mol. The Morgan fingerprint density at radius 1 is 1.22 bits per heavy atom. The smallest absolute Gasteiger partial charge is 0.254 e. The Kier molecular flexibility index (Phi) is 6.09. The molecule has 2 aliphatic heterocycles. The number of methoxy groups -OCH3 is 1. The van der Waals surface area contributed by atoms with Crippen LogP contribution in [0.15, 0.2) is 48.0 Å². The third-order valence-corrected chi connectivity index (χ3v) is 6.30. The van der Waals surface area contributed by atoms with Gasteiger partial charge in [-0.1, -0.05) is 35.9 Å². The van der Waals surface area contributed by atoms with Crippen molar-refractivity contribution in [2.75, 3.05) is 13.7 Å². The van der Waals surface area contributed by atoms with Gasteiger partial charge in [0.1, 0.15) is 17.1 Å². The van der Waals surface area contributed by atoms with Gasteiger partial charge in [-0.25, -0.2) is 0 Å². The summed E-state index contributed by atoms with van der Waals surface area (Å²) >= 11 is 0. The van der Waals surface area contributed by atoms with Crippen LogP contribution in [0.1, 0.15) is 60.7 Å². The molecule has 0 bridgehead atoms. The van der Waals surface area contributed by atoms with Crippen molar-refractivity contribution in [2.45, 2.75) is 58.6 Å². The third kappa shape index (κ3) is 4.43. The molecule has 5 nitrogen and oxygen atoms in total. The van der Waals surface area contributed by atoms with E-state index in [1.165, 1.54) is 5.56 Å². The average Bonchev–Trinajstić information content (AvgIpc) is 3.07. The molecular weight excluding hydrogens is 402 g/mol. The Hall–Kier alpha value is -3.08. The zero-order valence-electron chi connectivity index (χ0n) is 19.4. The lowest BCUT2D eigenvalue weighted by Gasteiger charge is -2.37. The molecule has 0 N–H and O–H groups in total. The molecule has 1 atom stereocenters. The predicted molar refractivity (Wildman–Crippen MR) is 124 cm³/mol. The number of nitrogens with zero attached hydrogens (tertiary/aromatic N) is 1. The van der Waals surface area contributed by atoms with Crippen LogP contribution in [-0.2, 0) is 24.2 Å². The van der Waals surface area contributed by atoms with Crippen LogP contribution >= 0.6 is 0 Å². The maximum absolute atomic E-state index is 13.2. The maximum Gasteiger partial charge on any atom is 0.254 e. The number of ether oxygens (including phenoxy) is 2. The van der Waals surface area contributed by atoms with E-state index in [0.717, 1.165) is 41.7 Å². The molecule has 2 heterocycles. The second-order valence-electron chi connectivity index (χ2n) is 9.29. The van der Waals surface area contributed by atoms with E-state index in [9.17, 15) is 9.59 Å². The van der Waals surface area contributed by atoms with Gasteiger partial charge >= 0.3 is 0 Å². The molecule has 0 saturated carbocycles. The number of rotatable bonds is 7. The number of fused-ring (bicyclic) bond motifs is 3. The summed E-state index contributed by atoms with van der Waals surface area (Å²) in [6.45, 7) is 6.99. The minimum Gasteiger partial charge on any atom is -0.496 e. The van der Waals surface area contributed by atoms with E-state index in [4.69, 9.17) is 9.47 Å². The highest BCUT2D eigenvalue weighted by molar-refractivity contribution is 6.00. The Morgan fingerprint density at radius 2 is 1.97 bits per heavy atom. The summed E-state index contributed by atoms with van der Waals surface area (Å²) < 4.78 is 12.1. The lowest BCUT2D eigenvalue weighted by Crippen LogP contribution is -2.39. The fourth-order valence-corrected chi connectivity index (χ4v) is 4.69. The van der Waals surface area contributed by atoms with Crippen molar-refractivity contribution in [3.63, 3.8) is 0 Å². The van der Waals surface area contributed by atoms with Gasteiger partial charge in [0.2, 0.25) is 0 Å². The second kappa shape index (κ2) is 8.81. The van der Waals surface area contributed by atoms with Crippen LogP contribution in [0.2, 0.25) is 0 Å². The number of carbonyl (C=O) groups excluding carboxylic acids is 2. The van der Waals surface area contributed by atoms with Crippen molar-refractivity contribution < 1.29 is 19.1 Å². The Labute approximate surface area is 190 Å². The van der Waals surface area contributed by atoms with Crippen molar-refractivity contribution >= 4 is 11.7 Å². The first-order chi connectivity index (χ1) is 15.3. The minimum atomic E-state index is -0.601. The van der Waals surface area contributed by atoms with E-state index in [-0.39, 0.29) is 11.7 Å². The largest absolute Gasteiger partial charge is 0.496 e. The van der Waals surface area contributed by atoms with Gasteiger partial charge in [-0.15, -0.1) is 0 Å². The summed E-state index contributed by atoms with van der Waals surface area (Å²) in [5.41, 5.74) is 4.15. The molecule has 32 heavy (non-hydrogen) atoms. The highest BCUT2D eigenvalue weighted by Crippen LogP contribution is 2.46. The van der Waals surface area contributed by atoms with Gasteiger partial charge in [-0.05, 0) is 57.7 Å². The van der Waals surface area contributed by atoms with Gasteiger partial charge in [-0.2, -0.15) is 0 Å². The Morgan fingerprint density at radius 3 is 2.66 bits per heavy atom. The molecule has 2 aromatic carbocycles. The van der Waals surface area contributed by atoms with Gasteiger partial charge < -0.3 is 14.4 Å². The summed E-state index contributed by atoms with van der Waals surface area (Å²) in [7, 11) is 1.63. The topological polar surface area (TPSA) is 55.8 Å². The number of benzene rings is 2. The van der Waals surface area contributed by atoms with Gasteiger partial charge in [0.05, 0.1) is 19.2 Å². The van der Waals surface area contributed by atoms with Gasteiger partial charge in [0.25, 0.3) is 5.91 Å². The van der Waals surface area contributed by atoms with Gasteiger partial charge in [0.15, 0.2) is 5.78 Å². The summed E-state index contributed by atoms with van der Waals surface area (Å²) in [5.74, 6) is 1.49.